The van der Waals surface area contributed by atoms with E-state index in [0.717, 1.165) is 0 Å². The minimum absolute atomic E-state index is 0.0384. The van der Waals surface area contributed by atoms with Gasteiger partial charge in [0.25, 0.3) is 11.8 Å². The fourth-order valence-electron chi connectivity index (χ4n) is 3.64. The van der Waals surface area contributed by atoms with Crippen LogP contribution in [0.25, 0.3) is 0 Å². The van der Waals surface area contributed by atoms with E-state index in [9.17, 15) is 19.8 Å². The molecule has 0 spiro atoms. The van der Waals surface area contributed by atoms with Gasteiger partial charge in [0.1, 0.15) is 17.2 Å². The number of benzene rings is 2. The van der Waals surface area contributed by atoms with Crippen LogP contribution in [0.5, 0.6) is 17.2 Å². The third kappa shape index (κ3) is 5.90. The Bertz CT molecular complexity index is 898. The van der Waals surface area contributed by atoms with Crippen LogP contribution in [0.4, 0.5) is 0 Å². The molecule has 166 valence electrons. The van der Waals surface area contributed by atoms with Gasteiger partial charge in [-0.3, -0.25) is 9.59 Å². The molecule has 3 N–H and O–H groups in total. The average Bonchev–Trinajstić information content (AvgIpc) is 2.73. The van der Waals surface area contributed by atoms with E-state index in [1.807, 2.05) is 24.3 Å². The summed E-state index contributed by atoms with van der Waals surface area (Å²) in [6.45, 7) is 6.92. The summed E-state index contributed by atoms with van der Waals surface area (Å²) < 4.78 is 5.77. The summed E-state index contributed by atoms with van der Waals surface area (Å²) in [5.41, 5.74) is 1.46. The number of phenols is 2. The maximum Gasteiger partial charge on any atom is 0.260 e. The Morgan fingerprint density at radius 2 is 1.58 bits per heavy atom. The molecule has 0 bridgehead atoms. The number of ether oxygens (including phenoxy) is 1. The van der Waals surface area contributed by atoms with Gasteiger partial charge in [-0.1, -0.05) is 26.0 Å². The number of carbonyl (C=O) groups excluding carboxylic acids is 2. The Kier molecular flexibility index (Phi) is 7.05. The number of aromatic hydroxyl groups is 2. The van der Waals surface area contributed by atoms with Gasteiger partial charge in [0.15, 0.2) is 6.10 Å². The molecule has 2 aromatic rings. The van der Waals surface area contributed by atoms with Crippen molar-refractivity contribution in [3.05, 3.63) is 53.6 Å². The third-order valence-corrected chi connectivity index (χ3v) is 5.51. The lowest BCUT2D eigenvalue weighted by molar-refractivity contribution is -0.128. The van der Waals surface area contributed by atoms with Crippen LogP contribution >= 0.6 is 0 Å². The smallest absolute Gasteiger partial charge is 0.260 e. The van der Waals surface area contributed by atoms with Crippen molar-refractivity contribution in [2.45, 2.75) is 51.7 Å². The summed E-state index contributed by atoms with van der Waals surface area (Å²) in [6, 6.07) is 11.6. The van der Waals surface area contributed by atoms with Crippen LogP contribution in [-0.4, -0.2) is 52.2 Å². The fourth-order valence-corrected chi connectivity index (χ4v) is 3.64. The Morgan fingerprint density at radius 1 is 1.00 bits per heavy atom. The summed E-state index contributed by atoms with van der Waals surface area (Å²) in [5.74, 6) is 0.345. The van der Waals surface area contributed by atoms with Crippen LogP contribution in [0.15, 0.2) is 42.5 Å². The lowest BCUT2D eigenvalue weighted by Gasteiger charge is -2.33. The van der Waals surface area contributed by atoms with Crippen LogP contribution in [-0.2, 0) is 4.79 Å². The number of hydrogen-bond donors (Lipinski definition) is 3. The zero-order valence-electron chi connectivity index (χ0n) is 18.2. The number of piperidine rings is 1. The Hall–Kier alpha value is -3.22. The maximum atomic E-state index is 12.6. The van der Waals surface area contributed by atoms with E-state index in [2.05, 4.69) is 19.2 Å². The van der Waals surface area contributed by atoms with Gasteiger partial charge in [0.05, 0.1) is 0 Å². The van der Waals surface area contributed by atoms with Gasteiger partial charge in [-0.25, -0.2) is 0 Å². The minimum Gasteiger partial charge on any atom is -0.508 e. The molecule has 1 heterocycles. The standard InChI is InChI=1S/C24H30N2O5/c1-15(2)17-4-6-22(7-5-17)31-16(3)23(29)25-19-8-10-26(11-9-19)24(30)18-12-20(27)14-21(28)13-18/h4-7,12-16,19,27-28H,8-11H2,1-3H3,(H,25,29). The van der Waals surface area contributed by atoms with Crippen molar-refractivity contribution in [1.82, 2.24) is 10.2 Å². The molecule has 1 atom stereocenters. The molecular weight excluding hydrogens is 396 g/mol. The Morgan fingerprint density at radius 3 is 2.13 bits per heavy atom. The minimum atomic E-state index is -0.625. The topological polar surface area (TPSA) is 99.1 Å². The molecule has 1 unspecified atom stereocenters. The number of carbonyl (C=O) groups is 2. The molecule has 3 rings (SSSR count). The first-order valence-electron chi connectivity index (χ1n) is 10.6. The molecule has 7 heteroatoms. The molecule has 0 aromatic heterocycles. The Labute approximate surface area is 182 Å². The fraction of sp³-hybridized carbons (Fsp3) is 0.417. The van der Waals surface area contributed by atoms with Crippen molar-refractivity contribution in [2.24, 2.45) is 0 Å². The van der Waals surface area contributed by atoms with Crippen molar-refractivity contribution in [2.75, 3.05) is 13.1 Å². The average molecular weight is 427 g/mol. The molecule has 0 radical (unpaired) electrons. The molecule has 2 amide bonds. The normalized spacial score (nSPS) is 15.5. The summed E-state index contributed by atoms with van der Waals surface area (Å²) in [4.78, 5) is 26.8. The number of rotatable bonds is 6. The van der Waals surface area contributed by atoms with Crippen molar-refractivity contribution in [3.63, 3.8) is 0 Å². The molecule has 1 aliphatic heterocycles. The van der Waals surface area contributed by atoms with E-state index in [1.54, 1.807) is 11.8 Å². The van der Waals surface area contributed by atoms with Crippen LogP contribution in [0, 0.1) is 0 Å². The monoisotopic (exact) mass is 426 g/mol. The predicted molar refractivity (Wildman–Crippen MR) is 117 cm³/mol. The van der Waals surface area contributed by atoms with Gasteiger partial charge in [0, 0.05) is 30.8 Å². The zero-order valence-corrected chi connectivity index (χ0v) is 18.2. The van der Waals surface area contributed by atoms with Gasteiger partial charge in [-0.15, -0.1) is 0 Å². The van der Waals surface area contributed by atoms with E-state index in [4.69, 9.17) is 4.74 Å². The number of amides is 2. The molecule has 2 aromatic carbocycles. The maximum absolute atomic E-state index is 12.6. The van der Waals surface area contributed by atoms with Gasteiger partial charge in [0.2, 0.25) is 0 Å². The van der Waals surface area contributed by atoms with Gasteiger partial charge in [-0.2, -0.15) is 0 Å². The second-order valence-electron chi connectivity index (χ2n) is 8.30. The highest BCUT2D eigenvalue weighted by Gasteiger charge is 2.26. The highest BCUT2D eigenvalue weighted by atomic mass is 16.5. The second-order valence-corrected chi connectivity index (χ2v) is 8.30. The zero-order chi connectivity index (χ0) is 22.5. The van der Waals surface area contributed by atoms with E-state index < -0.39 is 6.10 Å². The molecule has 1 aliphatic rings. The number of nitrogens with zero attached hydrogens (tertiary/aromatic N) is 1. The van der Waals surface area contributed by atoms with Crippen molar-refractivity contribution in [1.29, 1.82) is 0 Å². The summed E-state index contributed by atoms with van der Waals surface area (Å²) in [6.07, 6.45) is 0.621. The highest BCUT2D eigenvalue weighted by molar-refractivity contribution is 5.95. The van der Waals surface area contributed by atoms with Crippen molar-refractivity contribution in [3.8, 4) is 17.2 Å². The molecule has 1 fully saturated rings. The first-order valence-corrected chi connectivity index (χ1v) is 10.6. The first kappa shape index (κ1) is 22.5. The molecule has 7 nitrogen and oxygen atoms in total. The van der Waals surface area contributed by atoms with Gasteiger partial charge in [-0.05, 0) is 55.5 Å². The SMILES string of the molecule is CC(Oc1ccc(C(C)C)cc1)C(=O)NC1CCN(C(=O)c2cc(O)cc(O)c2)CC1. The molecule has 0 saturated carbocycles. The van der Waals surface area contributed by atoms with Crippen LogP contribution in [0.3, 0.4) is 0 Å². The summed E-state index contributed by atoms with van der Waals surface area (Å²) >= 11 is 0. The first-order chi connectivity index (χ1) is 14.7. The molecule has 31 heavy (non-hydrogen) atoms. The molecule has 1 saturated heterocycles. The third-order valence-electron chi connectivity index (χ3n) is 5.51. The van der Waals surface area contributed by atoms with E-state index >= 15 is 0 Å². The number of hydrogen-bond acceptors (Lipinski definition) is 5. The van der Waals surface area contributed by atoms with Crippen LogP contribution in [0.1, 0.15) is 55.5 Å². The van der Waals surface area contributed by atoms with E-state index in [-0.39, 0.29) is 34.9 Å². The number of nitrogens with one attached hydrogen (secondary N) is 1. The number of likely N-dealkylation sites (tertiary alicyclic amines) is 1. The molecular formula is C24H30N2O5. The van der Waals surface area contributed by atoms with Crippen LogP contribution in [0.2, 0.25) is 0 Å². The van der Waals surface area contributed by atoms with Gasteiger partial charge < -0.3 is 25.2 Å². The second kappa shape index (κ2) is 9.73. The molecule has 0 aliphatic carbocycles. The van der Waals surface area contributed by atoms with Crippen molar-refractivity contribution < 1.29 is 24.5 Å². The lowest BCUT2D eigenvalue weighted by atomic mass is 10.0. The predicted octanol–water partition coefficient (Wildman–Crippen LogP) is 3.41. The quantitative estimate of drug-likeness (QED) is 0.657. The lowest BCUT2D eigenvalue weighted by Crippen LogP contribution is -2.49. The van der Waals surface area contributed by atoms with Gasteiger partial charge >= 0.3 is 0 Å². The Balaban J connectivity index is 1.48. The van der Waals surface area contributed by atoms with Crippen LogP contribution < -0.4 is 10.1 Å². The number of phenolic OH excluding ortho intramolecular Hbond substituents is 2. The van der Waals surface area contributed by atoms with E-state index in [1.165, 1.54) is 23.8 Å². The summed E-state index contributed by atoms with van der Waals surface area (Å²) in [7, 11) is 0. The largest absolute Gasteiger partial charge is 0.508 e. The van der Waals surface area contributed by atoms with Crippen molar-refractivity contribution >= 4 is 11.8 Å². The van der Waals surface area contributed by atoms with E-state index in [0.29, 0.717) is 37.6 Å². The summed E-state index contributed by atoms with van der Waals surface area (Å²) in [5, 5.41) is 22.2. The highest BCUT2D eigenvalue weighted by Crippen LogP contribution is 2.23.